The van der Waals surface area contributed by atoms with Gasteiger partial charge < -0.3 is 20.0 Å². The standard InChI is InChI=1S/C25H34N6.HI/c1-26-25(31-13-10-22(11-14-31)19-21-7-4-3-5-8-21)28-20-23-9-6-12-27-24(23)30-17-15-29(2)16-18-30;/h3-9,12,19H,10-11,13-18,20H2,1-2H3,(H,26,28);1H. The van der Waals surface area contributed by atoms with Crippen LogP contribution < -0.4 is 10.2 Å². The van der Waals surface area contributed by atoms with E-state index in [0.29, 0.717) is 0 Å². The summed E-state index contributed by atoms with van der Waals surface area (Å²) >= 11 is 0. The normalized spacial score (nSPS) is 17.7. The van der Waals surface area contributed by atoms with Gasteiger partial charge >= 0.3 is 0 Å². The third kappa shape index (κ3) is 6.45. The van der Waals surface area contributed by atoms with Crippen molar-refractivity contribution in [2.45, 2.75) is 19.4 Å². The second-order valence-electron chi connectivity index (χ2n) is 8.38. The molecule has 7 heteroatoms. The highest BCUT2D eigenvalue weighted by Gasteiger charge is 2.20. The largest absolute Gasteiger partial charge is 0.354 e. The van der Waals surface area contributed by atoms with Crippen LogP contribution in [-0.2, 0) is 6.54 Å². The molecule has 1 aromatic carbocycles. The molecule has 6 nitrogen and oxygen atoms in total. The Morgan fingerprint density at radius 1 is 1.00 bits per heavy atom. The van der Waals surface area contributed by atoms with Gasteiger partial charge in [-0.3, -0.25) is 4.99 Å². The van der Waals surface area contributed by atoms with E-state index in [2.05, 4.69) is 74.5 Å². The number of pyridine rings is 1. The lowest BCUT2D eigenvalue weighted by Gasteiger charge is -2.34. The lowest BCUT2D eigenvalue weighted by molar-refractivity contribution is 0.311. The number of nitrogens with zero attached hydrogens (tertiary/aromatic N) is 5. The fourth-order valence-electron chi connectivity index (χ4n) is 4.31. The summed E-state index contributed by atoms with van der Waals surface area (Å²) in [5, 5.41) is 3.59. The van der Waals surface area contributed by atoms with Crippen LogP contribution in [-0.4, -0.2) is 74.1 Å². The van der Waals surface area contributed by atoms with Crippen LogP contribution in [0.2, 0.25) is 0 Å². The number of nitrogens with one attached hydrogen (secondary N) is 1. The molecule has 2 fully saturated rings. The molecule has 0 amide bonds. The number of aromatic nitrogens is 1. The number of piperazine rings is 1. The molecular formula is C25H35IN6. The second kappa shape index (κ2) is 12.2. The Balaban J connectivity index is 0.00000289. The maximum absolute atomic E-state index is 4.70. The van der Waals surface area contributed by atoms with Crippen molar-refractivity contribution in [2.24, 2.45) is 4.99 Å². The van der Waals surface area contributed by atoms with Crippen molar-refractivity contribution < 1.29 is 0 Å². The van der Waals surface area contributed by atoms with E-state index in [1.807, 2.05) is 19.3 Å². The summed E-state index contributed by atoms with van der Waals surface area (Å²) in [6.45, 7) is 6.95. The molecule has 2 saturated heterocycles. The van der Waals surface area contributed by atoms with Crippen LogP contribution in [0.1, 0.15) is 24.0 Å². The van der Waals surface area contributed by atoms with Gasteiger partial charge in [-0.1, -0.05) is 48.0 Å². The predicted octanol–water partition coefficient (Wildman–Crippen LogP) is 3.71. The molecule has 3 heterocycles. The maximum Gasteiger partial charge on any atom is 0.193 e. The maximum atomic E-state index is 4.70. The summed E-state index contributed by atoms with van der Waals surface area (Å²) in [5.74, 6) is 2.08. The molecule has 2 aliphatic rings. The van der Waals surface area contributed by atoms with Crippen LogP contribution >= 0.6 is 24.0 Å². The molecule has 0 spiro atoms. The van der Waals surface area contributed by atoms with Gasteiger partial charge in [0.25, 0.3) is 0 Å². The van der Waals surface area contributed by atoms with Gasteiger partial charge in [0.2, 0.25) is 0 Å². The summed E-state index contributed by atoms with van der Waals surface area (Å²) < 4.78 is 0. The molecule has 0 atom stereocenters. The van der Waals surface area contributed by atoms with Crippen molar-refractivity contribution in [1.82, 2.24) is 20.1 Å². The zero-order valence-corrected chi connectivity index (χ0v) is 21.5. The number of rotatable bonds is 4. The summed E-state index contributed by atoms with van der Waals surface area (Å²) in [6, 6.07) is 14.8. The van der Waals surface area contributed by atoms with E-state index in [-0.39, 0.29) is 24.0 Å². The lowest BCUT2D eigenvalue weighted by atomic mass is 10.0. The first kappa shape index (κ1) is 24.5. The van der Waals surface area contributed by atoms with Crippen molar-refractivity contribution in [3.8, 4) is 0 Å². The number of aliphatic imine (C=N–C) groups is 1. The van der Waals surface area contributed by atoms with Crippen molar-refractivity contribution >= 4 is 41.8 Å². The Morgan fingerprint density at radius 2 is 1.72 bits per heavy atom. The van der Waals surface area contributed by atoms with Gasteiger partial charge in [0.05, 0.1) is 0 Å². The molecule has 32 heavy (non-hydrogen) atoms. The first-order chi connectivity index (χ1) is 15.2. The van der Waals surface area contributed by atoms with Gasteiger partial charge in [-0.25, -0.2) is 4.98 Å². The van der Waals surface area contributed by atoms with Crippen molar-refractivity contribution in [3.63, 3.8) is 0 Å². The van der Waals surface area contributed by atoms with E-state index in [0.717, 1.165) is 70.4 Å². The van der Waals surface area contributed by atoms with E-state index >= 15 is 0 Å². The molecule has 1 N–H and O–H groups in total. The number of anilines is 1. The minimum Gasteiger partial charge on any atom is -0.354 e. The summed E-state index contributed by atoms with van der Waals surface area (Å²) in [4.78, 5) is 16.4. The fraction of sp³-hybridized carbons (Fsp3) is 0.440. The Kier molecular flexibility index (Phi) is 9.35. The van der Waals surface area contributed by atoms with Crippen molar-refractivity contribution in [3.05, 3.63) is 65.4 Å². The van der Waals surface area contributed by atoms with Crippen LogP contribution in [0.4, 0.5) is 5.82 Å². The SMILES string of the molecule is CN=C(NCc1cccnc1N1CCN(C)CC1)N1CCC(=Cc2ccccc2)CC1.I. The average molecular weight is 547 g/mol. The highest BCUT2D eigenvalue weighted by molar-refractivity contribution is 14.0. The number of hydrogen-bond acceptors (Lipinski definition) is 4. The zero-order chi connectivity index (χ0) is 21.5. The first-order valence-electron chi connectivity index (χ1n) is 11.3. The molecule has 2 aliphatic heterocycles. The Hall–Kier alpha value is -2.13. The van der Waals surface area contributed by atoms with Gasteiger partial charge in [0, 0.05) is 64.6 Å². The van der Waals surface area contributed by atoms with E-state index < -0.39 is 0 Å². The molecule has 0 bridgehead atoms. The van der Waals surface area contributed by atoms with Gasteiger partial charge in [-0.15, -0.1) is 24.0 Å². The van der Waals surface area contributed by atoms with E-state index in [1.165, 1.54) is 16.7 Å². The van der Waals surface area contributed by atoms with Crippen LogP contribution in [0.25, 0.3) is 6.08 Å². The molecule has 0 unspecified atom stereocenters. The number of hydrogen-bond donors (Lipinski definition) is 1. The third-order valence-corrected chi connectivity index (χ3v) is 6.19. The van der Waals surface area contributed by atoms with Crippen LogP contribution in [0.15, 0.2) is 59.2 Å². The molecular weight excluding hydrogens is 511 g/mol. The van der Waals surface area contributed by atoms with E-state index in [9.17, 15) is 0 Å². The van der Waals surface area contributed by atoms with Crippen molar-refractivity contribution in [2.75, 3.05) is 58.3 Å². The number of guanidine groups is 1. The zero-order valence-electron chi connectivity index (χ0n) is 19.2. The van der Waals surface area contributed by atoms with Crippen LogP contribution in [0.3, 0.4) is 0 Å². The third-order valence-electron chi connectivity index (χ3n) is 6.19. The minimum absolute atomic E-state index is 0. The molecule has 0 radical (unpaired) electrons. The molecule has 4 rings (SSSR count). The van der Waals surface area contributed by atoms with Gasteiger partial charge in [-0.2, -0.15) is 0 Å². The topological polar surface area (TPSA) is 47.0 Å². The minimum atomic E-state index is 0. The smallest absolute Gasteiger partial charge is 0.193 e. The number of benzene rings is 1. The Bertz CT molecular complexity index is 896. The van der Waals surface area contributed by atoms with Gasteiger partial charge in [0.15, 0.2) is 5.96 Å². The highest BCUT2D eigenvalue weighted by atomic mass is 127. The monoisotopic (exact) mass is 546 g/mol. The number of likely N-dealkylation sites (tertiary alicyclic amines) is 1. The summed E-state index contributed by atoms with van der Waals surface area (Å²) in [5.41, 5.74) is 4.04. The second-order valence-corrected chi connectivity index (χ2v) is 8.38. The molecule has 1 aromatic heterocycles. The van der Waals surface area contributed by atoms with Crippen LogP contribution in [0.5, 0.6) is 0 Å². The Morgan fingerprint density at radius 3 is 2.41 bits per heavy atom. The lowest BCUT2D eigenvalue weighted by Crippen LogP contribution is -2.46. The Labute approximate surface area is 209 Å². The summed E-state index contributed by atoms with van der Waals surface area (Å²) in [6.07, 6.45) is 6.40. The van der Waals surface area contributed by atoms with E-state index in [1.54, 1.807) is 0 Å². The van der Waals surface area contributed by atoms with Gasteiger partial charge in [0.1, 0.15) is 5.82 Å². The van der Waals surface area contributed by atoms with Gasteiger partial charge in [-0.05, 0) is 31.5 Å². The molecule has 172 valence electrons. The van der Waals surface area contributed by atoms with Crippen molar-refractivity contribution in [1.29, 1.82) is 0 Å². The number of halogens is 1. The van der Waals surface area contributed by atoms with E-state index in [4.69, 9.17) is 4.98 Å². The van der Waals surface area contributed by atoms with Crippen LogP contribution in [0, 0.1) is 0 Å². The molecule has 0 saturated carbocycles. The molecule has 2 aromatic rings. The predicted molar refractivity (Wildman–Crippen MR) is 145 cm³/mol. The first-order valence-corrected chi connectivity index (χ1v) is 11.3. The molecule has 0 aliphatic carbocycles. The fourth-order valence-corrected chi connectivity index (χ4v) is 4.31. The number of likely N-dealkylation sites (N-methyl/N-ethyl adjacent to an activating group) is 1. The number of piperidine rings is 1. The summed E-state index contributed by atoms with van der Waals surface area (Å²) in [7, 11) is 4.06. The quantitative estimate of drug-likeness (QED) is 0.360. The average Bonchev–Trinajstić information content (AvgIpc) is 2.82. The highest BCUT2D eigenvalue weighted by Crippen LogP contribution is 2.21.